The molecular weight excluding hydrogens is 503 g/mol. The zero-order valence-electron chi connectivity index (χ0n) is 18.0. The number of likely N-dealkylation sites (N-methyl/N-ethyl adjacent to an activating group) is 1. The van der Waals surface area contributed by atoms with Gasteiger partial charge in [0.15, 0.2) is 5.96 Å². The number of hydrogen-bond donors (Lipinski definition) is 2. The smallest absolute Gasteiger partial charge is 0.387 e. The Morgan fingerprint density at radius 2 is 2.00 bits per heavy atom. The molecule has 3 rings (SSSR count). The van der Waals surface area contributed by atoms with Crippen molar-refractivity contribution < 1.29 is 13.5 Å². The molecule has 0 spiro atoms. The van der Waals surface area contributed by atoms with E-state index in [1.165, 1.54) is 12.8 Å². The number of nitrogens with zero attached hydrogens (tertiary/aromatic N) is 3. The lowest BCUT2D eigenvalue weighted by molar-refractivity contribution is -0.0495. The van der Waals surface area contributed by atoms with Gasteiger partial charge in [0, 0.05) is 31.7 Å². The molecule has 0 radical (unpaired) electrons. The molecule has 1 saturated heterocycles. The molecule has 30 heavy (non-hydrogen) atoms. The number of rotatable bonds is 9. The van der Waals surface area contributed by atoms with Gasteiger partial charge in [-0.05, 0) is 58.3 Å². The van der Waals surface area contributed by atoms with E-state index in [4.69, 9.17) is 9.73 Å². The normalized spacial score (nSPS) is 20.3. The highest BCUT2D eigenvalue weighted by Gasteiger charge is 2.32. The van der Waals surface area contributed by atoms with Crippen LogP contribution in [-0.2, 0) is 0 Å². The number of nitrogens with one attached hydrogen (secondary N) is 2. The minimum Gasteiger partial charge on any atom is -0.433 e. The fourth-order valence-electron chi connectivity index (χ4n) is 3.92. The second-order valence-corrected chi connectivity index (χ2v) is 8.01. The molecule has 2 fully saturated rings. The number of anilines is 1. The minimum atomic E-state index is -2.82. The van der Waals surface area contributed by atoms with Crippen LogP contribution in [-0.4, -0.2) is 69.8 Å². The Bertz CT molecular complexity index is 685. The van der Waals surface area contributed by atoms with Crippen molar-refractivity contribution in [2.45, 2.75) is 44.9 Å². The summed E-state index contributed by atoms with van der Waals surface area (Å²) in [4.78, 5) is 9.18. The average Bonchev–Trinajstić information content (AvgIpc) is 3.40. The predicted octanol–water partition coefficient (Wildman–Crippen LogP) is 3.38. The zero-order chi connectivity index (χ0) is 20.8. The summed E-state index contributed by atoms with van der Waals surface area (Å²) in [7, 11) is 4.24. The topological polar surface area (TPSA) is 52.1 Å². The van der Waals surface area contributed by atoms with E-state index < -0.39 is 6.61 Å². The maximum absolute atomic E-state index is 12.7. The predicted molar refractivity (Wildman–Crippen MR) is 128 cm³/mol. The van der Waals surface area contributed by atoms with Crippen LogP contribution in [0, 0.1) is 5.92 Å². The molecule has 1 heterocycles. The Morgan fingerprint density at radius 3 is 2.63 bits per heavy atom. The maximum atomic E-state index is 12.7. The molecule has 0 aromatic heterocycles. The first-order valence-corrected chi connectivity index (χ1v) is 10.5. The van der Waals surface area contributed by atoms with Gasteiger partial charge in [0.25, 0.3) is 0 Å². The van der Waals surface area contributed by atoms with Crippen LogP contribution in [0.5, 0.6) is 5.75 Å². The fraction of sp³-hybridized carbons (Fsp3) is 0.667. The molecule has 0 amide bonds. The number of para-hydroxylation sites is 2. The summed E-state index contributed by atoms with van der Waals surface area (Å²) >= 11 is 0. The lowest BCUT2D eigenvalue weighted by atomic mass is 10.2. The first kappa shape index (κ1) is 24.9. The lowest BCUT2D eigenvalue weighted by Crippen LogP contribution is -2.45. The molecule has 2 aliphatic rings. The van der Waals surface area contributed by atoms with Crippen molar-refractivity contribution in [3.05, 3.63) is 24.3 Å². The molecule has 2 N–H and O–H groups in total. The number of guanidine groups is 1. The van der Waals surface area contributed by atoms with E-state index in [1.54, 1.807) is 12.1 Å². The maximum Gasteiger partial charge on any atom is 0.387 e. The average molecular weight is 537 g/mol. The van der Waals surface area contributed by atoms with Gasteiger partial charge in [-0.2, -0.15) is 8.78 Å². The van der Waals surface area contributed by atoms with Crippen molar-refractivity contribution in [2.75, 3.05) is 45.2 Å². The van der Waals surface area contributed by atoms with E-state index in [1.807, 2.05) is 12.1 Å². The van der Waals surface area contributed by atoms with Gasteiger partial charge in [0.2, 0.25) is 0 Å². The summed E-state index contributed by atoms with van der Waals surface area (Å²) < 4.78 is 30.1. The van der Waals surface area contributed by atoms with Gasteiger partial charge < -0.3 is 25.2 Å². The van der Waals surface area contributed by atoms with Gasteiger partial charge in [0.05, 0.1) is 12.2 Å². The van der Waals surface area contributed by atoms with E-state index in [2.05, 4.69) is 41.5 Å². The highest BCUT2D eigenvalue weighted by molar-refractivity contribution is 14.0. The lowest BCUT2D eigenvalue weighted by Gasteiger charge is -2.24. The Morgan fingerprint density at radius 1 is 1.27 bits per heavy atom. The second kappa shape index (κ2) is 11.9. The van der Waals surface area contributed by atoms with Crippen LogP contribution < -0.4 is 20.3 Å². The first-order chi connectivity index (χ1) is 14.0. The quantitative estimate of drug-likeness (QED) is 0.288. The van der Waals surface area contributed by atoms with Crippen LogP contribution >= 0.6 is 24.0 Å². The van der Waals surface area contributed by atoms with Crippen LogP contribution in [0.1, 0.15) is 26.2 Å². The number of ether oxygens (including phenoxy) is 1. The molecule has 1 saturated carbocycles. The van der Waals surface area contributed by atoms with Crippen molar-refractivity contribution in [1.82, 2.24) is 15.5 Å². The standard InChI is InChI=1S/C21H33F2N5O.HI/c1-4-24-21(25-13-18(27(2)3)15-9-10-15)26-16-11-12-28(14-16)17-7-5-6-8-19(17)29-20(22)23;/h5-8,15-16,18,20H,4,9-14H2,1-3H3,(H2,24,25,26);1H. The van der Waals surface area contributed by atoms with Gasteiger partial charge in [-0.15, -0.1) is 24.0 Å². The minimum absolute atomic E-state index is 0. The Balaban J connectivity index is 0.00000320. The Kier molecular flexibility index (Phi) is 9.86. The van der Waals surface area contributed by atoms with Gasteiger partial charge in [-0.3, -0.25) is 4.99 Å². The highest BCUT2D eigenvalue weighted by atomic mass is 127. The molecule has 9 heteroatoms. The van der Waals surface area contributed by atoms with Crippen LogP contribution in [0.3, 0.4) is 0 Å². The fourth-order valence-corrected chi connectivity index (χ4v) is 3.92. The van der Waals surface area contributed by atoms with Crippen molar-refractivity contribution >= 4 is 35.6 Å². The molecule has 1 aromatic carbocycles. The Labute approximate surface area is 195 Å². The van der Waals surface area contributed by atoms with E-state index >= 15 is 0 Å². The summed E-state index contributed by atoms with van der Waals surface area (Å²) in [6, 6.07) is 7.66. The first-order valence-electron chi connectivity index (χ1n) is 10.5. The molecule has 0 bridgehead atoms. The summed E-state index contributed by atoms with van der Waals surface area (Å²) in [6.45, 7) is 2.30. The molecule has 2 unspecified atom stereocenters. The van der Waals surface area contributed by atoms with E-state index in [0.717, 1.165) is 37.9 Å². The third kappa shape index (κ3) is 7.11. The molecule has 1 aromatic rings. The summed E-state index contributed by atoms with van der Waals surface area (Å²) in [5.74, 6) is 1.80. The number of hydrogen-bond acceptors (Lipinski definition) is 4. The van der Waals surface area contributed by atoms with Gasteiger partial charge in [0.1, 0.15) is 5.75 Å². The van der Waals surface area contributed by atoms with Gasteiger partial charge >= 0.3 is 6.61 Å². The third-order valence-corrected chi connectivity index (χ3v) is 5.56. The Hall–Kier alpha value is -1.36. The van der Waals surface area contributed by atoms with Crippen molar-refractivity contribution in [2.24, 2.45) is 10.9 Å². The highest BCUT2D eigenvalue weighted by Crippen LogP contribution is 2.35. The van der Waals surface area contributed by atoms with E-state index in [-0.39, 0.29) is 35.8 Å². The van der Waals surface area contributed by atoms with E-state index in [9.17, 15) is 8.78 Å². The molecule has 1 aliphatic carbocycles. The van der Waals surface area contributed by atoms with Crippen molar-refractivity contribution in [3.8, 4) is 5.75 Å². The van der Waals surface area contributed by atoms with Crippen LogP contribution in [0.4, 0.5) is 14.5 Å². The summed E-state index contributed by atoms with van der Waals surface area (Å²) in [6.07, 6.45) is 3.49. The molecule has 170 valence electrons. The second-order valence-electron chi connectivity index (χ2n) is 8.01. The SMILES string of the molecule is CCNC(=NCC(C1CC1)N(C)C)NC1CCN(c2ccccc2OC(F)F)C1.I. The molecule has 6 nitrogen and oxygen atoms in total. The molecule has 1 aliphatic heterocycles. The third-order valence-electron chi connectivity index (χ3n) is 5.56. The van der Waals surface area contributed by atoms with Crippen LogP contribution in [0.15, 0.2) is 29.3 Å². The number of alkyl halides is 2. The number of aliphatic imine (C=N–C) groups is 1. The number of benzene rings is 1. The van der Waals surface area contributed by atoms with Crippen molar-refractivity contribution in [1.29, 1.82) is 0 Å². The summed E-state index contributed by atoms with van der Waals surface area (Å²) in [5.41, 5.74) is 0.709. The molecule has 2 atom stereocenters. The van der Waals surface area contributed by atoms with Crippen LogP contribution in [0.25, 0.3) is 0 Å². The monoisotopic (exact) mass is 537 g/mol. The van der Waals surface area contributed by atoms with Crippen LogP contribution in [0.2, 0.25) is 0 Å². The summed E-state index contributed by atoms with van der Waals surface area (Å²) in [5, 5.41) is 6.85. The van der Waals surface area contributed by atoms with E-state index in [0.29, 0.717) is 18.3 Å². The largest absolute Gasteiger partial charge is 0.433 e. The van der Waals surface area contributed by atoms with Gasteiger partial charge in [-0.1, -0.05) is 12.1 Å². The number of halogens is 3. The zero-order valence-corrected chi connectivity index (χ0v) is 20.3. The van der Waals surface area contributed by atoms with Gasteiger partial charge in [-0.25, -0.2) is 0 Å². The molecular formula is C21H34F2IN5O. The van der Waals surface area contributed by atoms with Crippen molar-refractivity contribution in [3.63, 3.8) is 0 Å².